The minimum absolute atomic E-state index is 0.108. The summed E-state index contributed by atoms with van der Waals surface area (Å²) >= 11 is 3.25. The maximum atomic E-state index is 11.2. The van der Waals surface area contributed by atoms with E-state index in [4.69, 9.17) is 4.74 Å². The van der Waals surface area contributed by atoms with Gasteiger partial charge in [-0.2, -0.15) is 0 Å². The van der Waals surface area contributed by atoms with E-state index >= 15 is 0 Å². The Bertz CT molecular complexity index is 142. The Morgan fingerprint density at radius 3 is 2.77 bits per heavy atom. The summed E-state index contributed by atoms with van der Waals surface area (Å²) < 4.78 is 5.18. The van der Waals surface area contributed by atoms with Crippen LogP contribution in [0.25, 0.3) is 0 Å². The molecule has 0 aromatic rings. The van der Waals surface area contributed by atoms with Gasteiger partial charge in [0.25, 0.3) is 0 Å². The molecule has 0 aromatic carbocycles. The molecule has 0 aliphatic carbocycles. The maximum Gasteiger partial charge on any atom is 0.222 e. The quantitative estimate of drug-likeness (QED) is 0.551. The zero-order chi connectivity index (χ0) is 10.1. The number of ether oxygens (including phenoxy) is 1. The van der Waals surface area contributed by atoms with Crippen molar-refractivity contribution >= 4 is 21.8 Å². The van der Waals surface area contributed by atoms with Gasteiger partial charge < -0.3 is 10.1 Å². The molecule has 4 heteroatoms. The van der Waals surface area contributed by atoms with E-state index in [1.165, 1.54) is 0 Å². The van der Waals surface area contributed by atoms with Gasteiger partial charge in [0.15, 0.2) is 0 Å². The van der Waals surface area contributed by atoms with E-state index in [0.717, 1.165) is 11.8 Å². The van der Waals surface area contributed by atoms with Crippen molar-refractivity contribution in [2.24, 2.45) is 5.92 Å². The second-order valence-corrected chi connectivity index (χ2v) is 3.69. The van der Waals surface area contributed by atoms with E-state index in [-0.39, 0.29) is 11.8 Å². The van der Waals surface area contributed by atoms with Crippen molar-refractivity contribution in [3.05, 3.63) is 0 Å². The van der Waals surface area contributed by atoms with Gasteiger partial charge in [-0.05, 0) is 6.42 Å². The first-order chi connectivity index (χ1) is 6.22. The maximum absolute atomic E-state index is 11.2. The first-order valence-electron chi connectivity index (χ1n) is 4.63. The highest BCUT2D eigenvalue weighted by Crippen LogP contribution is 1.98. The molecule has 1 N–H and O–H groups in total. The fourth-order valence-corrected chi connectivity index (χ4v) is 0.992. The third-order valence-corrected chi connectivity index (χ3v) is 2.15. The summed E-state index contributed by atoms with van der Waals surface area (Å²) in [4.78, 5) is 11.2. The van der Waals surface area contributed by atoms with Crippen LogP contribution in [0.3, 0.4) is 0 Å². The molecule has 0 rings (SSSR count). The Labute approximate surface area is 88.4 Å². The first kappa shape index (κ1) is 12.9. The largest absolute Gasteiger partial charge is 0.379 e. The number of halogens is 1. The number of carbonyl (C=O) groups excluding carboxylic acids is 1. The molecule has 0 aliphatic heterocycles. The van der Waals surface area contributed by atoms with Gasteiger partial charge >= 0.3 is 0 Å². The van der Waals surface area contributed by atoms with Crippen LogP contribution in [-0.2, 0) is 9.53 Å². The Hall–Kier alpha value is -0.0900. The van der Waals surface area contributed by atoms with E-state index < -0.39 is 0 Å². The number of hydrogen-bond acceptors (Lipinski definition) is 2. The predicted molar refractivity (Wildman–Crippen MR) is 57.1 cm³/mol. The van der Waals surface area contributed by atoms with Crippen LogP contribution in [0.2, 0.25) is 0 Å². The smallest absolute Gasteiger partial charge is 0.222 e. The molecule has 0 saturated carbocycles. The molecule has 0 saturated heterocycles. The van der Waals surface area contributed by atoms with Crippen LogP contribution >= 0.6 is 15.9 Å². The molecule has 1 unspecified atom stereocenters. The molecule has 1 amide bonds. The van der Waals surface area contributed by atoms with E-state index in [1.54, 1.807) is 0 Å². The highest BCUT2D eigenvalue weighted by Gasteiger charge is 2.08. The Kier molecular flexibility index (Phi) is 8.45. The van der Waals surface area contributed by atoms with Crippen molar-refractivity contribution in [2.45, 2.75) is 20.3 Å². The third-order valence-electron chi connectivity index (χ3n) is 1.83. The van der Waals surface area contributed by atoms with Crippen LogP contribution in [0.1, 0.15) is 20.3 Å². The lowest BCUT2D eigenvalue weighted by atomic mass is 10.1. The lowest BCUT2D eigenvalue weighted by molar-refractivity contribution is -0.124. The highest BCUT2D eigenvalue weighted by atomic mass is 79.9. The molecular formula is C9H18BrNO2. The molecule has 78 valence electrons. The summed E-state index contributed by atoms with van der Waals surface area (Å²) in [5.74, 6) is 0.223. The molecule has 0 aromatic heterocycles. The number of rotatable bonds is 7. The Morgan fingerprint density at radius 2 is 2.23 bits per heavy atom. The van der Waals surface area contributed by atoms with Gasteiger partial charge in [-0.15, -0.1) is 0 Å². The van der Waals surface area contributed by atoms with Crippen molar-refractivity contribution in [1.82, 2.24) is 5.32 Å². The van der Waals surface area contributed by atoms with Gasteiger partial charge in [0.05, 0.1) is 13.2 Å². The normalized spacial score (nSPS) is 12.5. The van der Waals surface area contributed by atoms with Gasteiger partial charge in [-0.3, -0.25) is 4.79 Å². The minimum atomic E-state index is 0.108. The molecule has 0 aliphatic rings. The topological polar surface area (TPSA) is 38.3 Å². The molecular weight excluding hydrogens is 234 g/mol. The molecule has 0 bridgehead atoms. The van der Waals surface area contributed by atoms with E-state index in [0.29, 0.717) is 19.8 Å². The summed E-state index contributed by atoms with van der Waals surface area (Å²) in [6.45, 7) is 5.82. The van der Waals surface area contributed by atoms with Crippen molar-refractivity contribution in [1.29, 1.82) is 0 Å². The number of alkyl halides is 1. The SMILES string of the molecule is CCC(C)C(=O)NCCOCCBr. The molecule has 0 fully saturated rings. The standard InChI is InChI=1S/C9H18BrNO2/c1-3-8(2)9(12)11-5-7-13-6-4-10/h8H,3-7H2,1-2H3,(H,11,12). The summed E-state index contributed by atoms with van der Waals surface area (Å²) in [7, 11) is 0. The van der Waals surface area contributed by atoms with Crippen LogP contribution in [0, 0.1) is 5.92 Å². The lowest BCUT2D eigenvalue weighted by Gasteiger charge is -2.09. The molecule has 3 nitrogen and oxygen atoms in total. The van der Waals surface area contributed by atoms with Gasteiger partial charge in [-0.1, -0.05) is 29.8 Å². The molecule has 13 heavy (non-hydrogen) atoms. The number of hydrogen-bond donors (Lipinski definition) is 1. The highest BCUT2D eigenvalue weighted by molar-refractivity contribution is 9.09. The van der Waals surface area contributed by atoms with Crippen molar-refractivity contribution in [3.8, 4) is 0 Å². The van der Waals surface area contributed by atoms with Crippen LogP contribution in [0.15, 0.2) is 0 Å². The molecule has 0 radical (unpaired) electrons. The molecule has 0 heterocycles. The van der Waals surface area contributed by atoms with Crippen LogP contribution in [-0.4, -0.2) is 31.0 Å². The zero-order valence-corrected chi connectivity index (χ0v) is 9.89. The zero-order valence-electron chi connectivity index (χ0n) is 8.31. The lowest BCUT2D eigenvalue weighted by Crippen LogP contribution is -2.31. The van der Waals surface area contributed by atoms with Crippen molar-refractivity contribution in [2.75, 3.05) is 25.1 Å². The Balaban J connectivity index is 3.27. The van der Waals surface area contributed by atoms with E-state index in [9.17, 15) is 4.79 Å². The third kappa shape index (κ3) is 7.02. The predicted octanol–water partition coefficient (Wildman–Crippen LogP) is 1.56. The van der Waals surface area contributed by atoms with Crippen molar-refractivity contribution < 1.29 is 9.53 Å². The number of nitrogens with one attached hydrogen (secondary N) is 1. The summed E-state index contributed by atoms with van der Waals surface area (Å²) in [5, 5.41) is 3.65. The average molecular weight is 252 g/mol. The molecule has 0 spiro atoms. The van der Waals surface area contributed by atoms with Crippen LogP contribution in [0.5, 0.6) is 0 Å². The van der Waals surface area contributed by atoms with Crippen LogP contribution in [0.4, 0.5) is 0 Å². The number of amides is 1. The van der Waals surface area contributed by atoms with Gasteiger partial charge in [0, 0.05) is 17.8 Å². The summed E-state index contributed by atoms with van der Waals surface area (Å²) in [5.41, 5.74) is 0. The monoisotopic (exact) mass is 251 g/mol. The fraction of sp³-hybridized carbons (Fsp3) is 0.889. The fourth-order valence-electron chi connectivity index (χ4n) is 0.763. The molecule has 1 atom stereocenters. The van der Waals surface area contributed by atoms with E-state index in [2.05, 4.69) is 21.2 Å². The summed E-state index contributed by atoms with van der Waals surface area (Å²) in [6, 6.07) is 0. The number of carbonyl (C=O) groups is 1. The second kappa shape index (κ2) is 8.51. The first-order valence-corrected chi connectivity index (χ1v) is 5.76. The van der Waals surface area contributed by atoms with Gasteiger partial charge in [0.2, 0.25) is 5.91 Å². The van der Waals surface area contributed by atoms with Crippen molar-refractivity contribution in [3.63, 3.8) is 0 Å². The van der Waals surface area contributed by atoms with E-state index in [1.807, 2.05) is 13.8 Å². The van der Waals surface area contributed by atoms with Crippen LogP contribution < -0.4 is 5.32 Å². The van der Waals surface area contributed by atoms with Gasteiger partial charge in [0.1, 0.15) is 0 Å². The Morgan fingerprint density at radius 1 is 1.54 bits per heavy atom. The van der Waals surface area contributed by atoms with Gasteiger partial charge in [-0.25, -0.2) is 0 Å². The summed E-state index contributed by atoms with van der Waals surface area (Å²) in [6.07, 6.45) is 0.883. The second-order valence-electron chi connectivity index (χ2n) is 2.90. The minimum Gasteiger partial charge on any atom is -0.379 e. The average Bonchev–Trinajstić information content (AvgIpc) is 2.16.